The van der Waals surface area contributed by atoms with E-state index in [2.05, 4.69) is 0 Å². The molecule has 1 aromatic heterocycles. The van der Waals surface area contributed by atoms with E-state index in [9.17, 15) is 10.0 Å². The maximum atomic E-state index is 11.0. The molecule has 0 N–H and O–H groups in total. The van der Waals surface area contributed by atoms with Gasteiger partial charge in [0.05, 0.1) is 0 Å². The molecule has 0 aromatic carbocycles. The third-order valence-corrected chi connectivity index (χ3v) is 1.32. The summed E-state index contributed by atoms with van der Waals surface area (Å²) in [6, 6.07) is 3.04. The molecule has 0 saturated heterocycles. The van der Waals surface area contributed by atoms with E-state index < -0.39 is 6.09 Å². The van der Waals surface area contributed by atoms with Crippen molar-refractivity contribution in [3.63, 3.8) is 0 Å². The average Bonchev–Trinajstić information content (AvgIpc) is 2.04. The molecule has 0 fully saturated rings. The van der Waals surface area contributed by atoms with Crippen molar-refractivity contribution in [1.29, 1.82) is 0 Å². The maximum absolute atomic E-state index is 11.0. The first-order chi connectivity index (χ1) is 6.09. The van der Waals surface area contributed by atoms with Crippen LogP contribution >= 0.6 is 0 Å². The molecule has 0 saturated carbocycles. The number of amides is 1. The molecule has 1 heterocycles. The molecule has 5 nitrogen and oxygen atoms in total. The normalized spacial score (nSPS) is 9.38. The first-order valence-electron chi connectivity index (χ1n) is 3.67. The lowest BCUT2D eigenvalue weighted by molar-refractivity contribution is -0.605. The minimum absolute atomic E-state index is 0.233. The molecule has 0 aliphatic carbocycles. The molecule has 1 amide bonds. The Hall–Kier alpha value is -1.78. The van der Waals surface area contributed by atoms with Crippen LogP contribution in [0, 0.1) is 5.21 Å². The Bertz CT molecular complexity index is 312. The van der Waals surface area contributed by atoms with Crippen LogP contribution in [0.15, 0.2) is 24.5 Å². The Balaban J connectivity index is 2.69. The van der Waals surface area contributed by atoms with Crippen molar-refractivity contribution in [2.24, 2.45) is 0 Å². The monoisotopic (exact) mass is 182 g/mol. The number of carbonyl (C=O) groups is 1. The fraction of sp³-hybridized carbons (Fsp3) is 0.250. The molecular weight excluding hydrogens is 172 g/mol. The second-order valence-electron chi connectivity index (χ2n) is 2.66. The van der Waals surface area contributed by atoms with E-state index in [1.54, 1.807) is 14.1 Å². The maximum Gasteiger partial charge on any atom is 0.414 e. The molecule has 0 bridgehead atoms. The highest BCUT2D eigenvalue weighted by Gasteiger charge is 2.07. The van der Waals surface area contributed by atoms with E-state index in [1.807, 2.05) is 0 Å². The third kappa shape index (κ3) is 2.62. The van der Waals surface area contributed by atoms with Crippen LogP contribution in [0.1, 0.15) is 0 Å². The molecule has 0 spiro atoms. The molecule has 0 radical (unpaired) electrons. The van der Waals surface area contributed by atoms with Gasteiger partial charge in [-0.15, -0.1) is 0 Å². The Morgan fingerprint density at radius 1 is 1.62 bits per heavy atom. The number of rotatable bonds is 1. The molecule has 13 heavy (non-hydrogen) atoms. The quantitative estimate of drug-likeness (QED) is 0.466. The molecule has 0 unspecified atom stereocenters. The summed E-state index contributed by atoms with van der Waals surface area (Å²) in [5.41, 5.74) is 0. The number of hydrogen-bond acceptors (Lipinski definition) is 3. The smallest absolute Gasteiger partial charge is 0.414 e. The number of ether oxygens (including phenoxy) is 1. The lowest BCUT2D eigenvalue weighted by Gasteiger charge is -2.09. The fourth-order valence-corrected chi connectivity index (χ4v) is 0.687. The topological polar surface area (TPSA) is 56.5 Å². The van der Waals surface area contributed by atoms with Crippen molar-refractivity contribution < 1.29 is 14.3 Å². The molecule has 1 rings (SSSR count). The summed E-state index contributed by atoms with van der Waals surface area (Å²) >= 11 is 0. The van der Waals surface area contributed by atoms with Gasteiger partial charge in [-0.1, -0.05) is 0 Å². The van der Waals surface area contributed by atoms with Crippen LogP contribution in [0.5, 0.6) is 5.75 Å². The molecular formula is C8H10N2O3. The molecule has 0 aliphatic heterocycles. The minimum atomic E-state index is -0.508. The first kappa shape index (κ1) is 9.31. The van der Waals surface area contributed by atoms with Gasteiger partial charge in [-0.3, -0.25) is 0 Å². The van der Waals surface area contributed by atoms with Gasteiger partial charge in [0, 0.05) is 20.2 Å². The Morgan fingerprint density at radius 3 is 2.85 bits per heavy atom. The Labute approximate surface area is 75.7 Å². The van der Waals surface area contributed by atoms with Crippen molar-refractivity contribution in [2.75, 3.05) is 14.1 Å². The summed E-state index contributed by atoms with van der Waals surface area (Å²) in [4.78, 5) is 12.3. The predicted octanol–water partition coefficient (Wildman–Crippen LogP) is 0.380. The molecule has 70 valence electrons. The van der Waals surface area contributed by atoms with Crippen LogP contribution in [0.2, 0.25) is 0 Å². The number of aromatic nitrogens is 1. The number of carbonyl (C=O) groups excluding carboxylic acids is 1. The second kappa shape index (κ2) is 3.75. The molecule has 1 aromatic rings. The number of pyridine rings is 1. The van der Waals surface area contributed by atoms with Crippen LogP contribution in [0.3, 0.4) is 0 Å². The average molecular weight is 182 g/mol. The zero-order valence-corrected chi connectivity index (χ0v) is 7.43. The Morgan fingerprint density at radius 2 is 2.31 bits per heavy atom. The van der Waals surface area contributed by atoms with Gasteiger partial charge in [0.25, 0.3) is 0 Å². The molecule has 0 aliphatic rings. The van der Waals surface area contributed by atoms with E-state index in [4.69, 9.17) is 4.74 Å². The molecule has 5 heteroatoms. The van der Waals surface area contributed by atoms with Crippen LogP contribution in [-0.2, 0) is 0 Å². The van der Waals surface area contributed by atoms with Crippen molar-refractivity contribution >= 4 is 6.09 Å². The fourth-order valence-electron chi connectivity index (χ4n) is 0.687. The second-order valence-corrected chi connectivity index (χ2v) is 2.66. The first-order valence-corrected chi connectivity index (χ1v) is 3.67. The summed E-state index contributed by atoms with van der Waals surface area (Å²) in [5, 5.41) is 10.8. The van der Waals surface area contributed by atoms with Gasteiger partial charge >= 0.3 is 6.09 Å². The van der Waals surface area contributed by atoms with Crippen molar-refractivity contribution in [1.82, 2.24) is 4.90 Å². The summed E-state index contributed by atoms with van der Waals surface area (Å²) in [6.45, 7) is 0. The standard InChI is InChI=1S/C8H10N2O3/c1-9(2)8(11)13-7-4-3-5-10(12)6-7/h3-6H,1-2H3. The summed E-state index contributed by atoms with van der Waals surface area (Å²) in [5.74, 6) is 0.233. The summed E-state index contributed by atoms with van der Waals surface area (Å²) in [7, 11) is 3.13. The van der Waals surface area contributed by atoms with Crippen LogP contribution in [-0.4, -0.2) is 25.1 Å². The predicted molar refractivity (Wildman–Crippen MR) is 45.1 cm³/mol. The van der Waals surface area contributed by atoms with E-state index in [-0.39, 0.29) is 5.75 Å². The van der Waals surface area contributed by atoms with Gasteiger partial charge in [-0.2, -0.15) is 4.73 Å². The van der Waals surface area contributed by atoms with Crippen molar-refractivity contribution in [3.8, 4) is 5.75 Å². The van der Waals surface area contributed by atoms with Gasteiger partial charge in [0.1, 0.15) is 0 Å². The van der Waals surface area contributed by atoms with Crippen LogP contribution < -0.4 is 9.47 Å². The number of nitrogens with zero attached hydrogens (tertiary/aromatic N) is 2. The van der Waals surface area contributed by atoms with Gasteiger partial charge in [0.15, 0.2) is 11.9 Å². The Kier molecular flexibility index (Phi) is 2.69. The molecule has 0 atom stereocenters. The van der Waals surface area contributed by atoms with E-state index in [0.717, 1.165) is 0 Å². The highest BCUT2D eigenvalue weighted by Crippen LogP contribution is 2.05. The van der Waals surface area contributed by atoms with Crippen molar-refractivity contribution in [3.05, 3.63) is 29.7 Å². The highest BCUT2D eigenvalue weighted by atomic mass is 16.6. The van der Waals surface area contributed by atoms with Gasteiger partial charge in [0.2, 0.25) is 6.20 Å². The van der Waals surface area contributed by atoms with Gasteiger partial charge in [-0.25, -0.2) is 4.79 Å². The van der Waals surface area contributed by atoms with Crippen LogP contribution in [0.4, 0.5) is 4.79 Å². The van der Waals surface area contributed by atoms with Crippen molar-refractivity contribution in [2.45, 2.75) is 0 Å². The third-order valence-electron chi connectivity index (χ3n) is 1.32. The summed E-state index contributed by atoms with van der Waals surface area (Å²) in [6.07, 6.45) is 1.99. The van der Waals surface area contributed by atoms with Crippen LogP contribution in [0.25, 0.3) is 0 Å². The SMILES string of the molecule is CN(C)C(=O)Oc1ccc[n+]([O-])c1. The van der Waals surface area contributed by atoms with Gasteiger partial charge < -0.3 is 14.8 Å². The minimum Gasteiger partial charge on any atom is -0.619 e. The summed E-state index contributed by atoms with van der Waals surface area (Å²) < 4.78 is 5.39. The van der Waals surface area contributed by atoms with E-state index >= 15 is 0 Å². The zero-order chi connectivity index (χ0) is 9.84. The van der Waals surface area contributed by atoms with E-state index in [1.165, 1.54) is 29.4 Å². The zero-order valence-electron chi connectivity index (χ0n) is 7.43. The largest absolute Gasteiger partial charge is 0.619 e. The van der Waals surface area contributed by atoms with E-state index in [0.29, 0.717) is 4.73 Å². The lowest BCUT2D eigenvalue weighted by Crippen LogP contribution is -2.28. The lowest BCUT2D eigenvalue weighted by atomic mass is 10.5. The van der Waals surface area contributed by atoms with Gasteiger partial charge in [-0.05, 0) is 6.07 Å². The number of hydrogen-bond donors (Lipinski definition) is 0. The highest BCUT2D eigenvalue weighted by molar-refractivity contribution is 5.69.